The summed E-state index contributed by atoms with van der Waals surface area (Å²) >= 11 is 0. The summed E-state index contributed by atoms with van der Waals surface area (Å²) in [5.74, 6) is -0.471. The van der Waals surface area contributed by atoms with Crippen LogP contribution in [0.2, 0.25) is 0 Å². The minimum atomic E-state index is -4.65. The first-order valence-electron chi connectivity index (χ1n) is 5.27. The molecule has 4 nitrogen and oxygen atoms in total. The van der Waals surface area contributed by atoms with E-state index in [9.17, 15) is 18.1 Å². The molecule has 1 fully saturated rings. The van der Waals surface area contributed by atoms with Gasteiger partial charge in [-0.1, -0.05) is 27.2 Å². The van der Waals surface area contributed by atoms with Gasteiger partial charge in [0.1, 0.15) is 10.1 Å². The maximum atomic E-state index is 11.2. The smallest absolute Gasteiger partial charge is 0.746 e. The van der Waals surface area contributed by atoms with Crippen molar-refractivity contribution >= 4 is 10.1 Å². The Hall–Kier alpha value is 0.870. The van der Waals surface area contributed by atoms with E-state index in [1.165, 1.54) is 0 Å². The van der Waals surface area contributed by atoms with Gasteiger partial charge in [-0.05, 0) is 24.7 Å². The molecular weight excluding hydrogens is 239 g/mol. The van der Waals surface area contributed by atoms with Crippen molar-refractivity contribution in [1.29, 1.82) is 0 Å². The van der Waals surface area contributed by atoms with Crippen molar-refractivity contribution in [3.63, 3.8) is 0 Å². The predicted octanol–water partition coefficient (Wildman–Crippen LogP) is -1.54. The second-order valence-corrected chi connectivity index (χ2v) is 7.08. The minimum absolute atomic E-state index is 0. The van der Waals surface area contributed by atoms with E-state index in [0.717, 1.165) is 6.42 Å². The van der Waals surface area contributed by atoms with Crippen LogP contribution >= 0.6 is 0 Å². The zero-order chi connectivity index (χ0) is 11.9. The van der Waals surface area contributed by atoms with Gasteiger partial charge in [0, 0.05) is 5.92 Å². The van der Waals surface area contributed by atoms with Crippen molar-refractivity contribution in [2.24, 2.45) is 11.3 Å². The maximum absolute atomic E-state index is 11.2. The molecule has 0 aromatic carbocycles. The summed E-state index contributed by atoms with van der Waals surface area (Å²) in [6.45, 7) is 5.58. The van der Waals surface area contributed by atoms with E-state index < -0.39 is 21.0 Å². The summed E-state index contributed by atoms with van der Waals surface area (Å²) in [6, 6.07) is 0. The van der Waals surface area contributed by atoms with Crippen LogP contribution in [-0.4, -0.2) is 23.0 Å². The van der Waals surface area contributed by atoms with Gasteiger partial charge < -0.3 is 9.66 Å². The average molecular weight is 258 g/mol. The number of aliphatic hydroxyl groups is 1. The molecule has 0 amide bonds. The van der Waals surface area contributed by atoms with E-state index in [1.54, 1.807) is 0 Å². The van der Waals surface area contributed by atoms with Crippen LogP contribution in [0, 0.1) is 11.3 Å². The molecule has 1 N–H and O–H groups in total. The Morgan fingerprint density at radius 1 is 1.31 bits per heavy atom. The van der Waals surface area contributed by atoms with Gasteiger partial charge in [0.15, 0.2) is 4.93 Å². The molecule has 0 aliphatic heterocycles. The molecule has 2 atom stereocenters. The molecule has 1 aliphatic carbocycles. The van der Waals surface area contributed by atoms with Gasteiger partial charge in [-0.25, -0.2) is 8.42 Å². The second kappa shape index (κ2) is 5.24. The van der Waals surface area contributed by atoms with E-state index in [2.05, 4.69) is 0 Å². The Kier molecular flexibility index (Phi) is 5.53. The van der Waals surface area contributed by atoms with Crippen LogP contribution in [-0.2, 0) is 10.1 Å². The predicted molar refractivity (Wildman–Crippen MR) is 56.1 cm³/mol. The molecule has 2 unspecified atom stereocenters. The van der Waals surface area contributed by atoms with E-state index in [4.69, 9.17) is 0 Å². The Labute approximate surface area is 120 Å². The van der Waals surface area contributed by atoms with Crippen molar-refractivity contribution in [3.05, 3.63) is 0 Å². The van der Waals surface area contributed by atoms with Gasteiger partial charge in [-0.15, -0.1) is 0 Å². The van der Waals surface area contributed by atoms with E-state index in [0.29, 0.717) is 12.8 Å². The van der Waals surface area contributed by atoms with Gasteiger partial charge in [0.25, 0.3) is 0 Å². The number of rotatable bonds is 1. The summed E-state index contributed by atoms with van der Waals surface area (Å²) < 4.78 is 33.5. The van der Waals surface area contributed by atoms with Gasteiger partial charge in [-0.3, -0.25) is 0 Å². The van der Waals surface area contributed by atoms with Crippen LogP contribution in [0.3, 0.4) is 0 Å². The van der Waals surface area contributed by atoms with E-state index >= 15 is 0 Å². The molecule has 0 radical (unpaired) electrons. The maximum Gasteiger partial charge on any atom is 1.00 e. The summed E-state index contributed by atoms with van der Waals surface area (Å²) in [6.07, 6.45) is 2.15. The SMILES string of the molecule is CC(C)(C)C1CCCCC1(O)S(=O)(=O)[O-].[Na+]. The molecule has 1 aliphatic rings. The van der Waals surface area contributed by atoms with Gasteiger partial charge in [0.05, 0.1) is 0 Å². The zero-order valence-electron chi connectivity index (χ0n) is 10.5. The molecule has 1 rings (SSSR count). The van der Waals surface area contributed by atoms with Crippen molar-refractivity contribution in [1.82, 2.24) is 0 Å². The fourth-order valence-electron chi connectivity index (χ4n) is 2.54. The fourth-order valence-corrected chi connectivity index (χ4v) is 3.75. The molecule has 1 saturated carbocycles. The first kappa shape index (κ1) is 16.9. The Balaban J connectivity index is 0.00000225. The number of hydrogen-bond acceptors (Lipinski definition) is 4. The van der Waals surface area contributed by atoms with Crippen LogP contribution < -0.4 is 29.6 Å². The average Bonchev–Trinajstić information content (AvgIpc) is 2.00. The monoisotopic (exact) mass is 258 g/mol. The first-order chi connectivity index (χ1) is 6.59. The van der Waals surface area contributed by atoms with E-state index in [-0.39, 0.29) is 41.4 Å². The van der Waals surface area contributed by atoms with Crippen molar-refractivity contribution in [3.8, 4) is 0 Å². The zero-order valence-corrected chi connectivity index (χ0v) is 13.3. The third-order valence-electron chi connectivity index (χ3n) is 3.30. The number of hydrogen-bond donors (Lipinski definition) is 1. The van der Waals surface area contributed by atoms with Crippen LogP contribution in [0.1, 0.15) is 46.5 Å². The molecule has 0 aromatic heterocycles. The molecule has 0 spiro atoms. The van der Waals surface area contributed by atoms with Crippen molar-refractivity contribution in [2.75, 3.05) is 0 Å². The third kappa shape index (κ3) is 3.21. The molecule has 0 aromatic rings. The molecule has 90 valence electrons. The largest absolute Gasteiger partial charge is 1.00 e. The van der Waals surface area contributed by atoms with Crippen LogP contribution in [0.4, 0.5) is 0 Å². The summed E-state index contributed by atoms with van der Waals surface area (Å²) in [4.78, 5) is -2.07. The standard InChI is InChI=1S/C10H20O4S.Na/c1-9(2,3)8-6-4-5-7-10(8,11)15(12,13)14;/h8,11H,4-7H2,1-3H3,(H,12,13,14);/q;+1/p-1. The van der Waals surface area contributed by atoms with Crippen LogP contribution in [0.15, 0.2) is 0 Å². The summed E-state index contributed by atoms with van der Waals surface area (Å²) in [5, 5.41) is 10.1. The molecule has 0 heterocycles. The third-order valence-corrected chi connectivity index (χ3v) is 4.66. The van der Waals surface area contributed by atoms with Gasteiger partial charge in [0.2, 0.25) is 0 Å². The molecule has 6 heteroatoms. The van der Waals surface area contributed by atoms with Crippen molar-refractivity contribution in [2.45, 2.75) is 51.4 Å². The topological polar surface area (TPSA) is 77.4 Å². The minimum Gasteiger partial charge on any atom is -0.746 e. The van der Waals surface area contributed by atoms with Crippen molar-refractivity contribution < 1.29 is 47.6 Å². The normalized spacial score (nSPS) is 31.9. The molecule has 16 heavy (non-hydrogen) atoms. The Morgan fingerprint density at radius 2 is 1.81 bits per heavy atom. The van der Waals surface area contributed by atoms with E-state index in [1.807, 2.05) is 20.8 Å². The van der Waals surface area contributed by atoms with Gasteiger partial charge >= 0.3 is 29.6 Å². The van der Waals surface area contributed by atoms with Crippen LogP contribution in [0.25, 0.3) is 0 Å². The quantitative estimate of drug-likeness (QED) is 0.457. The second-order valence-electron chi connectivity index (χ2n) is 5.46. The fraction of sp³-hybridized carbons (Fsp3) is 1.00. The Morgan fingerprint density at radius 3 is 2.12 bits per heavy atom. The van der Waals surface area contributed by atoms with Gasteiger partial charge in [-0.2, -0.15) is 0 Å². The molecule has 0 saturated heterocycles. The Bertz CT molecular complexity index is 333. The molecule has 0 bridgehead atoms. The van der Waals surface area contributed by atoms with Crippen LogP contribution in [0.5, 0.6) is 0 Å². The summed E-state index contributed by atoms with van der Waals surface area (Å²) in [7, 11) is -4.65. The first-order valence-corrected chi connectivity index (χ1v) is 6.68. The summed E-state index contributed by atoms with van der Waals surface area (Å²) in [5.41, 5.74) is -0.368. The molecular formula is C10H19NaO4S.